The summed E-state index contributed by atoms with van der Waals surface area (Å²) in [5, 5.41) is 7.17. The molecule has 8 heteroatoms. The molecule has 0 spiro atoms. The zero-order valence-electron chi connectivity index (χ0n) is 34.9. The number of aromatic nitrogens is 4. The first-order valence-corrected chi connectivity index (χ1v) is 20.8. The number of hydrogen-bond acceptors (Lipinski definition) is 4. The van der Waals surface area contributed by atoms with E-state index < -0.39 is 0 Å². The Morgan fingerprint density at radius 2 is 1.13 bits per heavy atom. The number of fused-ring (bicyclic) bond motifs is 10. The summed E-state index contributed by atoms with van der Waals surface area (Å²) in [7, 11) is 4.38. The Morgan fingerprint density at radius 3 is 1.76 bits per heavy atom. The number of nitrogens with zero attached hydrogens (tertiary/aromatic N) is 6. The molecule has 0 N–H and O–H groups in total. The molecule has 0 aliphatic carbocycles. The fraction of sp³-hybridized carbons (Fsp3) is 0.111. The second-order valence-corrected chi connectivity index (χ2v) is 17.1. The minimum atomic E-state index is -0.177. The quantitative estimate of drug-likeness (QED) is 0.161. The van der Waals surface area contributed by atoms with E-state index in [1.807, 2.05) is 30.5 Å². The molecule has 62 heavy (non-hydrogen) atoms. The summed E-state index contributed by atoms with van der Waals surface area (Å²) in [5.74, 6) is 2.06. The number of para-hydroxylation sites is 5. The van der Waals surface area contributed by atoms with Gasteiger partial charge in [0.1, 0.15) is 5.82 Å². The van der Waals surface area contributed by atoms with Crippen molar-refractivity contribution in [3.63, 3.8) is 0 Å². The molecular weight excluding hydrogens is 944 g/mol. The molecule has 0 unspecified atom stereocenters. The molecule has 7 aromatic carbocycles. The standard InChI is InChI=1S/C54H41N6O.Pt/c1-54(2,3)34-28-35(30-37(29-34)61-36-25-26-41-38-16-8-11-21-46(38)60(49(41)31-36)50-24-14-15-27-55-50)58-33-59(48-23-13-12-22-47(48)58)53-51-42(39-17-6-9-19-44(39)56(51)4)32-43-40-18-7-10-20-45(40)57(5)52(43)53;/h6-29,32-33H,1-5H3;/q-3;. The van der Waals surface area contributed by atoms with Crippen LogP contribution in [0.25, 0.3) is 71.2 Å². The molecular formula is C54H41N6OPt-3. The Balaban J connectivity index is 0.00000432. The predicted molar refractivity (Wildman–Crippen MR) is 251 cm³/mol. The first kappa shape index (κ1) is 38.1. The Morgan fingerprint density at radius 1 is 0.548 bits per heavy atom. The molecule has 0 bridgehead atoms. The van der Waals surface area contributed by atoms with Gasteiger partial charge in [0.2, 0.25) is 0 Å². The van der Waals surface area contributed by atoms with Crippen LogP contribution in [0.2, 0.25) is 0 Å². The van der Waals surface area contributed by atoms with Gasteiger partial charge in [0.15, 0.2) is 0 Å². The SMILES string of the molecule is Cn1c2ccccc2c2cc3c4ccccc4n(C)c3c(N3[CH-]N(c4[c-]c(Oc5[c-]c6c(cc5)c5ccccc5n6-c5ccccn5)cc(C(C)(C)C)c4)c4ccccc43)c21.[Pt]. The summed E-state index contributed by atoms with van der Waals surface area (Å²) >= 11 is 0. The van der Waals surface area contributed by atoms with Gasteiger partial charge in [-0.3, -0.25) is 0 Å². The third-order valence-electron chi connectivity index (χ3n) is 12.5. The monoisotopic (exact) mass is 984 g/mol. The molecule has 12 rings (SSSR count). The van der Waals surface area contributed by atoms with E-state index in [1.165, 1.54) is 43.6 Å². The van der Waals surface area contributed by atoms with Crippen LogP contribution in [0.3, 0.4) is 0 Å². The number of ether oxygens (including phenoxy) is 1. The average molecular weight is 985 g/mol. The minimum Gasteiger partial charge on any atom is -0.509 e. The van der Waals surface area contributed by atoms with Crippen molar-refractivity contribution < 1.29 is 25.8 Å². The van der Waals surface area contributed by atoms with Crippen LogP contribution < -0.4 is 14.5 Å². The second-order valence-electron chi connectivity index (χ2n) is 17.1. The summed E-state index contributed by atoms with van der Waals surface area (Å²) in [4.78, 5) is 9.37. The molecule has 4 aromatic heterocycles. The molecule has 0 atom stereocenters. The fourth-order valence-electron chi connectivity index (χ4n) is 9.60. The van der Waals surface area contributed by atoms with Gasteiger partial charge < -0.3 is 28.2 Å². The van der Waals surface area contributed by atoms with E-state index in [-0.39, 0.29) is 26.5 Å². The van der Waals surface area contributed by atoms with Gasteiger partial charge in [0.05, 0.1) is 16.7 Å². The first-order valence-electron chi connectivity index (χ1n) is 20.8. The van der Waals surface area contributed by atoms with Crippen molar-refractivity contribution in [2.24, 2.45) is 14.1 Å². The second kappa shape index (κ2) is 14.1. The summed E-state index contributed by atoms with van der Waals surface area (Å²) in [6.45, 7) is 8.96. The molecule has 1 aliphatic heterocycles. The van der Waals surface area contributed by atoms with Crippen LogP contribution in [-0.4, -0.2) is 18.7 Å². The minimum absolute atomic E-state index is 0. The summed E-state index contributed by atoms with van der Waals surface area (Å²) in [6.07, 6.45) is 1.83. The van der Waals surface area contributed by atoms with Crippen molar-refractivity contribution in [1.29, 1.82) is 0 Å². The molecule has 0 fully saturated rings. The maximum Gasteiger partial charge on any atom is 0.135 e. The molecule has 5 heterocycles. The summed E-state index contributed by atoms with van der Waals surface area (Å²) < 4.78 is 13.7. The Kier molecular flexibility index (Phi) is 8.68. The van der Waals surface area contributed by atoms with Crippen molar-refractivity contribution in [2.45, 2.75) is 26.2 Å². The van der Waals surface area contributed by atoms with Crippen LogP contribution in [0.4, 0.5) is 22.7 Å². The molecule has 7 nitrogen and oxygen atoms in total. The Hall–Kier alpha value is -6.82. The van der Waals surface area contributed by atoms with Gasteiger partial charge in [-0.15, -0.1) is 53.6 Å². The van der Waals surface area contributed by atoms with E-state index in [1.54, 1.807) is 0 Å². The van der Waals surface area contributed by atoms with Crippen molar-refractivity contribution in [1.82, 2.24) is 18.7 Å². The first-order chi connectivity index (χ1) is 29.7. The normalized spacial score (nSPS) is 13.0. The Labute approximate surface area is 374 Å². The van der Waals surface area contributed by atoms with E-state index in [4.69, 9.17) is 9.72 Å². The van der Waals surface area contributed by atoms with Crippen LogP contribution in [0, 0.1) is 18.8 Å². The van der Waals surface area contributed by atoms with Crippen molar-refractivity contribution in [3.8, 4) is 17.3 Å². The number of aryl methyl sites for hydroxylation is 2. The third-order valence-corrected chi connectivity index (χ3v) is 12.5. The molecule has 306 valence electrons. The van der Waals surface area contributed by atoms with Crippen LogP contribution in [0.5, 0.6) is 11.5 Å². The summed E-state index contributed by atoms with van der Waals surface area (Å²) in [5.41, 5.74) is 11.9. The zero-order chi connectivity index (χ0) is 41.1. The van der Waals surface area contributed by atoms with Crippen LogP contribution in [-0.2, 0) is 40.6 Å². The molecule has 0 radical (unpaired) electrons. The van der Waals surface area contributed by atoms with E-state index in [0.29, 0.717) is 11.5 Å². The van der Waals surface area contributed by atoms with Gasteiger partial charge in [0.25, 0.3) is 0 Å². The fourth-order valence-corrected chi connectivity index (χ4v) is 9.60. The maximum atomic E-state index is 6.82. The molecule has 0 saturated heterocycles. The van der Waals surface area contributed by atoms with E-state index in [0.717, 1.165) is 55.9 Å². The van der Waals surface area contributed by atoms with E-state index in [2.05, 4.69) is 198 Å². The van der Waals surface area contributed by atoms with Crippen LogP contribution >= 0.6 is 0 Å². The van der Waals surface area contributed by atoms with Gasteiger partial charge in [-0.05, 0) is 59.3 Å². The number of pyridine rings is 1. The van der Waals surface area contributed by atoms with Gasteiger partial charge in [-0.2, -0.15) is 6.07 Å². The van der Waals surface area contributed by atoms with Crippen molar-refractivity contribution >= 4 is 88.2 Å². The number of rotatable bonds is 5. The summed E-state index contributed by atoms with van der Waals surface area (Å²) in [6, 6.07) is 58.8. The third kappa shape index (κ3) is 5.64. The number of benzene rings is 7. The van der Waals surface area contributed by atoms with E-state index >= 15 is 0 Å². The smallest absolute Gasteiger partial charge is 0.135 e. The maximum absolute atomic E-state index is 6.82. The van der Waals surface area contributed by atoms with Gasteiger partial charge in [-0.25, -0.2) is 4.98 Å². The van der Waals surface area contributed by atoms with Crippen molar-refractivity contribution in [3.05, 3.63) is 176 Å². The van der Waals surface area contributed by atoms with Gasteiger partial charge >= 0.3 is 0 Å². The zero-order valence-corrected chi connectivity index (χ0v) is 37.2. The van der Waals surface area contributed by atoms with Gasteiger partial charge in [-0.1, -0.05) is 99.1 Å². The molecule has 1 aliphatic rings. The predicted octanol–water partition coefficient (Wildman–Crippen LogP) is 13.6. The Bertz CT molecular complexity index is 3480. The van der Waals surface area contributed by atoms with E-state index in [9.17, 15) is 0 Å². The number of hydrogen-bond donors (Lipinski definition) is 0. The van der Waals surface area contributed by atoms with Crippen LogP contribution in [0.15, 0.2) is 152 Å². The molecule has 0 saturated carbocycles. The average Bonchev–Trinajstić information content (AvgIpc) is 4.00. The number of anilines is 4. The largest absolute Gasteiger partial charge is 0.509 e. The van der Waals surface area contributed by atoms with Crippen LogP contribution in [0.1, 0.15) is 26.3 Å². The van der Waals surface area contributed by atoms with Gasteiger partial charge in [0, 0.05) is 102 Å². The topological polar surface area (TPSA) is 43.4 Å². The van der Waals surface area contributed by atoms with Crippen molar-refractivity contribution in [2.75, 3.05) is 9.80 Å². The molecule has 11 aromatic rings. The molecule has 0 amide bonds.